The second-order valence-electron chi connectivity index (χ2n) is 6.33. The smallest absolute Gasteiger partial charge is 0.265 e. The van der Waals surface area contributed by atoms with Gasteiger partial charge in [-0.1, -0.05) is 12.8 Å². The Morgan fingerprint density at radius 2 is 2.05 bits per heavy atom. The zero-order valence-electron chi connectivity index (χ0n) is 13.0. The van der Waals surface area contributed by atoms with Gasteiger partial charge in [0.25, 0.3) is 5.91 Å². The number of aryl methyl sites for hydroxylation is 1. The maximum Gasteiger partial charge on any atom is 0.265 e. The van der Waals surface area contributed by atoms with E-state index < -0.39 is 0 Å². The number of likely N-dealkylation sites (tertiary alicyclic amines) is 1. The SMILES string of the molecule is CNC1CCCN(C(=O)c2sc(C3CCCC3)nc2C)C1. The Balaban J connectivity index is 1.74. The van der Waals surface area contributed by atoms with Crippen molar-refractivity contribution < 1.29 is 4.79 Å². The Morgan fingerprint density at radius 3 is 2.76 bits per heavy atom. The monoisotopic (exact) mass is 307 g/mol. The van der Waals surface area contributed by atoms with Crippen LogP contribution in [0.15, 0.2) is 0 Å². The van der Waals surface area contributed by atoms with Crippen molar-refractivity contribution in [3.05, 3.63) is 15.6 Å². The van der Waals surface area contributed by atoms with E-state index in [0.29, 0.717) is 12.0 Å². The van der Waals surface area contributed by atoms with E-state index in [0.717, 1.165) is 36.5 Å². The van der Waals surface area contributed by atoms with Crippen molar-refractivity contribution in [3.63, 3.8) is 0 Å². The third kappa shape index (κ3) is 3.14. The Labute approximate surface area is 130 Å². The molecule has 21 heavy (non-hydrogen) atoms. The second kappa shape index (κ2) is 6.44. The van der Waals surface area contributed by atoms with Crippen LogP contribution in [0.2, 0.25) is 0 Å². The average Bonchev–Trinajstić information content (AvgIpc) is 3.16. The van der Waals surface area contributed by atoms with Gasteiger partial charge in [0, 0.05) is 25.0 Å². The molecule has 1 aliphatic carbocycles. The summed E-state index contributed by atoms with van der Waals surface area (Å²) >= 11 is 1.64. The van der Waals surface area contributed by atoms with Crippen LogP contribution in [-0.2, 0) is 0 Å². The summed E-state index contributed by atoms with van der Waals surface area (Å²) in [5.41, 5.74) is 0.929. The number of amides is 1. The van der Waals surface area contributed by atoms with Crippen LogP contribution in [0.1, 0.15) is 64.8 Å². The lowest BCUT2D eigenvalue weighted by atomic mass is 10.1. The first-order valence-electron chi connectivity index (χ1n) is 8.13. The molecule has 1 saturated carbocycles. The molecule has 0 spiro atoms. The molecule has 1 saturated heterocycles. The fraction of sp³-hybridized carbons (Fsp3) is 0.750. The van der Waals surface area contributed by atoms with Crippen LogP contribution in [-0.4, -0.2) is 42.0 Å². The van der Waals surface area contributed by atoms with Gasteiger partial charge in [-0.3, -0.25) is 4.79 Å². The lowest BCUT2D eigenvalue weighted by molar-refractivity contribution is 0.0702. The lowest BCUT2D eigenvalue weighted by Gasteiger charge is -2.32. The van der Waals surface area contributed by atoms with Gasteiger partial charge in [0.15, 0.2) is 0 Å². The summed E-state index contributed by atoms with van der Waals surface area (Å²) in [5, 5.41) is 4.49. The molecular weight excluding hydrogens is 282 g/mol. The van der Waals surface area contributed by atoms with Gasteiger partial charge >= 0.3 is 0 Å². The predicted octanol–water partition coefficient (Wildman–Crippen LogP) is 2.93. The summed E-state index contributed by atoms with van der Waals surface area (Å²) in [6.45, 7) is 3.69. The maximum absolute atomic E-state index is 12.8. The van der Waals surface area contributed by atoms with Crippen LogP contribution >= 0.6 is 11.3 Å². The molecule has 0 bridgehead atoms. The molecule has 3 rings (SSSR count). The highest BCUT2D eigenvalue weighted by Crippen LogP contribution is 2.37. The molecule has 0 aromatic carbocycles. The molecule has 2 heterocycles. The predicted molar refractivity (Wildman–Crippen MR) is 86.0 cm³/mol. The highest BCUT2D eigenvalue weighted by molar-refractivity contribution is 7.13. The molecule has 1 unspecified atom stereocenters. The number of nitrogens with zero attached hydrogens (tertiary/aromatic N) is 2. The van der Waals surface area contributed by atoms with Gasteiger partial charge in [0.2, 0.25) is 0 Å². The Bertz CT molecular complexity index is 508. The zero-order valence-corrected chi connectivity index (χ0v) is 13.8. The standard InChI is InChI=1S/C16H25N3OS/c1-11-14(21-15(18-11)12-6-3-4-7-12)16(20)19-9-5-8-13(10-19)17-2/h12-13,17H,3-10H2,1-2H3. The molecule has 1 amide bonds. The van der Waals surface area contributed by atoms with E-state index in [1.165, 1.54) is 30.7 Å². The van der Waals surface area contributed by atoms with Crippen molar-refractivity contribution in [2.75, 3.05) is 20.1 Å². The Hall–Kier alpha value is -0.940. The summed E-state index contributed by atoms with van der Waals surface area (Å²) in [6.07, 6.45) is 7.35. The molecule has 2 aliphatic rings. The van der Waals surface area contributed by atoms with Crippen molar-refractivity contribution in [2.45, 2.75) is 57.4 Å². The summed E-state index contributed by atoms with van der Waals surface area (Å²) < 4.78 is 0. The Morgan fingerprint density at radius 1 is 1.29 bits per heavy atom. The second-order valence-corrected chi connectivity index (χ2v) is 7.36. The van der Waals surface area contributed by atoms with E-state index in [9.17, 15) is 4.79 Å². The molecule has 5 heteroatoms. The fourth-order valence-corrected chi connectivity index (χ4v) is 4.71. The summed E-state index contributed by atoms with van der Waals surface area (Å²) in [6, 6.07) is 0.435. The number of rotatable bonds is 3. The number of likely N-dealkylation sites (N-methyl/N-ethyl adjacent to an activating group) is 1. The van der Waals surface area contributed by atoms with E-state index in [4.69, 9.17) is 4.98 Å². The number of aromatic nitrogens is 1. The van der Waals surface area contributed by atoms with Gasteiger partial charge in [-0.25, -0.2) is 4.98 Å². The molecule has 4 nitrogen and oxygen atoms in total. The highest BCUT2D eigenvalue weighted by Gasteiger charge is 2.28. The first-order chi connectivity index (χ1) is 10.2. The van der Waals surface area contributed by atoms with Gasteiger partial charge in [-0.2, -0.15) is 0 Å². The highest BCUT2D eigenvalue weighted by atomic mass is 32.1. The minimum absolute atomic E-state index is 0.189. The molecular formula is C16H25N3OS. The summed E-state index contributed by atoms with van der Waals surface area (Å²) in [5.74, 6) is 0.788. The van der Waals surface area contributed by atoms with E-state index in [2.05, 4.69) is 5.32 Å². The van der Waals surface area contributed by atoms with Crippen molar-refractivity contribution in [1.82, 2.24) is 15.2 Å². The van der Waals surface area contributed by atoms with E-state index in [-0.39, 0.29) is 5.91 Å². The number of thiazole rings is 1. The van der Waals surface area contributed by atoms with Gasteiger partial charge in [-0.05, 0) is 39.7 Å². The zero-order chi connectivity index (χ0) is 14.8. The van der Waals surface area contributed by atoms with Crippen molar-refractivity contribution in [2.24, 2.45) is 0 Å². The lowest BCUT2D eigenvalue weighted by Crippen LogP contribution is -2.46. The quantitative estimate of drug-likeness (QED) is 0.934. The molecule has 1 aromatic heterocycles. The molecule has 1 aromatic rings. The number of carbonyl (C=O) groups excluding carboxylic acids is 1. The minimum Gasteiger partial charge on any atom is -0.336 e. The van der Waals surface area contributed by atoms with Crippen LogP contribution in [0.25, 0.3) is 0 Å². The molecule has 1 aliphatic heterocycles. The average molecular weight is 307 g/mol. The number of piperidine rings is 1. The van der Waals surface area contributed by atoms with Gasteiger partial charge < -0.3 is 10.2 Å². The molecule has 116 valence electrons. The van der Waals surface area contributed by atoms with E-state index >= 15 is 0 Å². The summed E-state index contributed by atoms with van der Waals surface area (Å²) in [7, 11) is 1.98. The number of hydrogen-bond acceptors (Lipinski definition) is 4. The largest absolute Gasteiger partial charge is 0.336 e. The number of carbonyl (C=O) groups is 1. The fourth-order valence-electron chi connectivity index (χ4n) is 3.50. The Kier molecular flexibility index (Phi) is 4.60. The van der Waals surface area contributed by atoms with Gasteiger partial charge in [0.1, 0.15) is 4.88 Å². The van der Waals surface area contributed by atoms with Crippen molar-refractivity contribution in [3.8, 4) is 0 Å². The third-order valence-electron chi connectivity index (χ3n) is 4.83. The molecule has 1 N–H and O–H groups in total. The topological polar surface area (TPSA) is 45.2 Å². The maximum atomic E-state index is 12.8. The van der Waals surface area contributed by atoms with Crippen LogP contribution < -0.4 is 5.32 Å². The summed E-state index contributed by atoms with van der Waals surface area (Å²) in [4.78, 5) is 20.4. The van der Waals surface area contributed by atoms with E-state index in [1.54, 1.807) is 11.3 Å². The van der Waals surface area contributed by atoms with Crippen LogP contribution in [0.5, 0.6) is 0 Å². The molecule has 2 fully saturated rings. The first-order valence-corrected chi connectivity index (χ1v) is 8.94. The minimum atomic E-state index is 0.189. The molecule has 0 radical (unpaired) electrons. The van der Waals surface area contributed by atoms with Crippen molar-refractivity contribution >= 4 is 17.2 Å². The normalized spacial score (nSPS) is 23.7. The first kappa shape index (κ1) is 15.0. The van der Waals surface area contributed by atoms with Crippen molar-refractivity contribution in [1.29, 1.82) is 0 Å². The molecule has 1 atom stereocenters. The van der Waals surface area contributed by atoms with Gasteiger partial charge in [0.05, 0.1) is 10.7 Å². The van der Waals surface area contributed by atoms with Gasteiger partial charge in [-0.15, -0.1) is 11.3 Å². The number of hydrogen-bond donors (Lipinski definition) is 1. The van der Waals surface area contributed by atoms with E-state index in [1.807, 2.05) is 18.9 Å². The van der Waals surface area contributed by atoms with Crippen LogP contribution in [0.3, 0.4) is 0 Å². The number of nitrogens with one attached hydrogen (secondary N) is 1. The van der Waals surface area contributed by atoms with Crippen LogP contribution in [0, 0.1) is 6.92 Å². The third-order valence-corrected chi connectivity index (χ3v) is 6.14. The van der Waals surface area contributed by atoms with Crippen LogP contribution in [0.4, 0.5) is 0 Å².